The molecule has 0 fully saturated rings. The van der Waals surface area contributed by atoms with Gasteiger partial charge in [0.1, 0.15) is 0 Å². The van der Waals surface area contributed by atoms with Crippen LogP contribution in [0.1, 0.15) is 53.0 Å². The van der Waals surface area contributed by atoms with Crippen LogP contribution in [0.25, 0.3) is 10.8 Å². The predicted molar refractivity (Wildman–Crippen MR) is 79.1 cm³/mol. The fourth-order valence-electron chi connectivity index (χ4n) is 2.94. The van der Waals surface area contributed by atoms with Gasteiger partial charge < -0.3 is 0 Å². The Labute approximate surface area is 118 Å². The van der Waals surface area contributed by atoms with Gasteiger partial charge in [0.05, 0.1) is 5.56 Å². The van der Waals surface area contributed by atoms with E-state index in [1.807, 2.05) is 37.3 Å². The number of hydrogen-bond donors (Lipinski definition) is 0. The van der Waals surface area contributed by atoms with Crippen LogP contribution in [0.4, 0.5) is 0 Å². The Morgan fingerprint density at radius 1 is 1.05 bits per heavy atom. The number of carbonyl (C=O) groups excluding carboxylic acids is 2. The maximum absolute atomic E-state index is 12.7. The van der Waals surface area contributed by atoms with Gasteiger partial charge in [0, 0.05) is 17.5 Å². The van der Waals surface area contributed by atoms with E-state index in [2.05, 4.69) is 13.8 Å². The molecule has 0 N–H and O–H groups in total. The Balaban J connectivity index is 2.46. The van der Waals surface area contributed by atoms with Crippen molar-refractivity contribution in [3.05, 3.63) is 47.0 Å². The molecule has 3 heteroatoms. The molecule has 0 spiro atoms. The van der Waals surface area contributed by atoms with E-state index in [-0.39, 0.29) is 17.7 Å². The second-order valence-corrected chi connectivity index (χ2v) is 5.44. The molecule has 20 heavy (non-hydrogen) atoms. The first kappa shape index (κ1) is 12.9. The standard InChI is InChI=1S/C17H17NO2/c1-4-18-16(19)13-7-5-6-11-8-9-12(10(2)3)15(14(11)13)17(18)20/h5-10H,4H2,1-3H3. The Hall–Kier alpha value is -2.16. The van der Waals surface area contributed by atoms with E-state index in [0.717, 1.165) is 16.3 Å². The van der Waals surface area contributed by atoms with E-state index >= 15 is 0 Å². The first-order chi connectivity index (χ1) is 9.56. The number of hydrogen-bond acceptors (Lipinski definition) is 2. The molecule has 102 valence electrons. The monoisotopic (exact) mass is 267 g/mol. The predicted octanol–water partition coefficient (Wildman–Crippen LogP) is 3.58. The average Bonchev–Trinajstić information content (AvgIpc) is 2.44. The van der Waals surface area contributed by atoms with Crippen LogP contribution in [0.15, 0.2) is 30.3 Å². The number of carbonyl (C=O) groups is 2. The average molecular weight is 267 g/mol. The van der Waals surface area contributed by atoms with Crippen molar-refractivity contribution in [1.29, 1.82) is 0 Å². The molecule has 3 rings (SSSR count). The van der Waals surface area contributed by atoms with Crippen molar-refractivity contribution in [2.24, 2.45) is 0 Å². The summed E-state index contributed by atoms with van der Waals surface area (Å²) in [6.45, 7) is 6.37. The lowest BCUT2D eigenvalue weighted by atomic mass is 9.87. The summed E-state index contributed by atoms with van der Waals surface area (Å²) in [5.41, 5.74) is 2.36. The highest BCUT2D eigenvalue weighted by molar-refractivity contribution is 6.26. The molecule has 2 aromatic carbocycles. The van der Waals surface area contributed by atoms with Crippen molar-refractivity contribution >= 4 is 22.6 Å². The molecular weight excluding hydrogens is 250 g/mol. The van der Waals surface area contributed by atoms with Gasteiger partial charge in [-0.15, -0.1) is 0 Å². The third-order valence-electron chi connectivity index (χ3n) is 3.95. The molecule has 1 aliphatic heterocycles. The van der Waals surface area contributed by atoms with Crippen molar-refractivity contribution in [2.75, 3.05) is 6.54 Å². The van der Waals surface area contributed by atoms with Crippen molar-refractivity contribution in [3.63, 3.8) is 0 Å². The van der Waals surface area contributed by atoms with Gasteiger partial charge >= 0.3 is 0 Å². The Morgan fingerprint density at radius 3 is 2.45 bits per heavy atom. The lowest BCUT2D eigenvalue weighted by Crippen LogP contribution is -2.40. The van der Waals surface area contributed by atoms with Crippen LogP contribution in [0.5, 0.6) is 0 Å². The second kappa shape index (κ2) is 4.44. The number of imide groups is 1. The summed E-state index contributed by atoms with van der Waals surface area (Å²) in [6, 6.07) is 9.65. The van der Waals surface area contributed by atoms with E-state index in [9.17, 15) is 9.59 Å². The quantitative estimate of drug-likeness (QED) is 0.780. The summed E-state index contributed by atoms with van der Waals surface area (Å²) in [7, 11) is 0. The first-order valence-electron chi connectivity index (χ1n) is 6.98. The van der Waals surface area contributed by atoms with Crippen LogP contribution >= 0.6 is 0 Å². The third kappa shape index (κ3) is 1.59. The van der Waals surface area contributed by atoms with Gasteiger partial charge in [-0.05, 0) is 29.9 Å². The molecule has 1 heterocycles. The topological polar surface area (TPSA) is 37.4 Å². The minimum absolute atomic E-state index is 0.162. The van der Waals surface area contributed by atoms with Crippen LogP contribution < -0.4 is 0 Å². The Kier molecular flexibility index (Phi) is 2.85. The zero-order valence-corrected chi connectivity index (χ0v) is 11.9. The lowest BCUT2D eigenvalue weighted by molar-refractivity contribution is 0.0618. The summed E-state index contributed by atoms with van der Waals surface area (Å²) in [6.07, 6.45) is 0. The first-order valence-corrected chi connectivity index (χ1v) is 6.98. The van der Waals surface area contributed by atoms with E-state index in [4.69, 9.17) is 0 Å². The zero-order chi connectivity index (χ0) is 14.4. The second-order valence-electron chi connectivity index (χ2n) is 5.44. The maximum atomic E-state index is 12.7. The SMILES string of the molecule is CCN1C(=O)c2cccc3ccc(C(C)C)c(c23)C1=O. The molecule has 0 atom stereocenters. The van der Waals surface area contributed by atoms with E-state index < -0.39 is 0 Å². The number of amides is 2. The van der Waals surface area contributed by atoms with Crippen molar-refractivity contribution in [2.45, 2.75) is 26.7 Å². The van der Waals surface area contributed by atoms with E-state index in [1.165, 1.54) is 4.90 Å². The molecule has 0 bridgehead atoms. The molecule has 0 aliphatic carbocycles. The Bertz CT molecular complexity index is 731. The Morgan fingerprint density at radius 2 is 1.80 bits per heavy atom. The van der Waals surface area contributed by atoms with Gasteiger partial charge in [-0.2, -0.15) is 0 Å². The molecular formula is C17H17NO2. The van der Waals surface area contributed by atoms with Crippen molar-refractivity contribution < 1.29 is 9.59 Å². The summed E-state index contributed by atoms with van der Waals surface area (Å²) in [5.74, 6) is -0.0969. The molecule has 3 nitrogen and oxygen atoms in total. The molecule has 0 saturated heterocycles. The molecule has 0 saturated carbocycles. The van der Waals surface area contributed by atoms with Gasteiger partial charge in [-0.3, -0.25) is 14.5 Å². The number of nitrogens with zero attached hydrogens (tertiary/aromatic N) is 1. The van der Waals surface area contributed by atoms with Gasteiger partial charge in [-0.1, -0.05) is 38.1 Å². The van der Waals surface area contributed by atoms with E-state index in [0.29, 0.717) is 17.7 Å². The van der Waals surface area contributed by atoms with Crippen LogP contribution in [0, 0.1) is 0 Å². The van der Waals surface area contributed by atoms with Crippen molar-refractivity contribution in [3.8, 4) is 0 Å². The number of rotatable bonds is 2. The van der Waals surface area contributed by atoms with Crippen LogP contribution in [-0.4, -0.2) is 23.3 Å². The molecule has 1 aliphatic rings. The lowest BCUT2D eigenvalue weighted by Gasteiger charge is -2.28. The molecule has 0 unspecified atom stereocenters. The van der Waals surface area contributed by atoms with Crippen LogP contribution in [-0.2, 0) is 0 Å². The molecule has 0 aromatic heterocycles. The van der Waals surface area contributed by atoms with E-state index in [1.54, 1.807) is 0 Å². The summed E-state index contributed by atoms with van der Waals surface area (Å²) < 4.78 is 0. The maximum Gasteiger partial charge on any atom is 0.261 e. The minimum atomic E-state index is -0.184. The molecule has 2 amide bonds. The largest absolute Gasteiger partial charge is 0.275 e. The highest BCUT2D eigenvalue weighted by Crippen LogP contribution is 2.34. The van der Waals surface area contributed by atoms with Gasteiger partial charge in [-0.25, -0.2) is 0 Å². The zero-order valence-electron chi connectivity index (χ0n) is 11.9. The van der Waals surface area contributed by atoms with Gasteiger partial charge in [0.25, 0.3) is 11.8 Å². The fraction of sp³-hybridized carbons (Fsp3) is 0.294. The summed E-state index contributed by atoms with van der Waals surface area (Å²) >= 11 is 0. The highest BCUT2D eigenvalue weighted by Gasteiger charge is 2.33. The highest BCUT2D eigenvalue weighted by atomic mass is 16.2. The summed E-state index contributed by atoms with van der Waals surface area (Å²) in [5, 5.41) is 1.78. The summed E-state index contributed by atoms with van der Waals surface area (Å²) in [4.78, 5) is 26.4. The number of benzene rings is 2. The van der Waals surface area contributed by atoms with Crippen LogP contribution in [0.2, 0.25) is 0 Å². The van der Waals surface area contributed by atoms with Gasteiger partial charge in [0.2, 0.25) is 0 Å². The smallest absolute Gasteiger partial charge is 0.261 e. The third-order valence-corrected chi connectivity index (χ3v) is 3.95. The normalized spacial score (nSPS) is 14.5. The van der Waals surface area contributed by atoms with Gasteiger partial charge in [0.15, 0.2) is 0 Å². The van der Waals surface area contributed by atoms with Crippen molar-refractivity contribution in [1.82, 2.24) is 4.90 Å². The minimum Gasteiger partial charge on any atom is -0.275 e. The van der Waals surface area contributed by atoms with Crippen LogP contribution in [0.3, 0.4) is 0 Å². The fourth-order valence-corrected chi connectivity index (χ4v) is 2.94. The molecule has 0 radical (unpaired) electrons. The molecule has 2 aromatic rings.